The molecule has 1 aliphatic heterocycles. The number of rotatable bonds is 3. The van der Waals surface area contributed by atoms with Gasteiger partial charge in [-0.15, -0.1) is 0 Å². The average Bonchev–Trinajstić information content (AvgIpc) is 2.82. The first-order chi connectivity index (χ1) is 11.8. The molecule has 0 radical (unpaired) electrons. The van der Waals surface area contributed by atoms with Gasteiger partial charge in [0.15, 0.2) is 5.82 Å². The summed E-state index contributed by atoms with van der Waals surface area (Å²) in [6.07, 6.45) is 3.10. The Labute approximate surface area is 152 Å². The summed E-state index contributed by atoms with van der Waals surface area (Å²) in [5, 5.41) is 7.97. The van der Waals surface area contributed by atoms with E-state index in [2.05, 4.69) is 15.4 Å². The lowest BCUT2D eigenvalue weighted by molar-refractivity contribution is -0.130. The van der Waals surface area contributed by atoms with E-state index in [0.29, 0.717) is 29.6 Å². The number of halogens is 1. The molecule has 0 saturated carbocycles. The summed E-state index contributed by atoms with van der Waals surface area (Å²) in [6.45, 7) is 8.40. The van der Waals surface area contributed by atoms with Gasteiger partial charge in [0.25, 0.3) is 0 Å². The first-order valence-electron chi connectivity index (χ1n) is 8.40. The second-order valence-electron chi connectivity index (χ2n) is 7.09. The quantitative estimate of drug-likeness (QED) is 0.904. The Morgan fingerprint density at radius 2 is 2.16 bits per heavy atom. The molecule has 25 heavy (non-hydrogen) atoms. The highest BCUT2D eigenvalue weighted by molar-refractivity contribution is 6.31. The fourth-order valence-electron chi connectivity index (χ4n) is 3.13. The van der Waals surface area contributed by atoms with Crippen LogP contribution in [0.15, 0.2) is 18.3 Å². The van der Waals surface area contributed by atoms with E-state index in [1.54, 1.807) is 10.9 Å². The van der Waals surface area contributed by atoms with Crippen molar-refractivity contribution in [1.82, 2.24) is 14.8 Å². The van der Waals surface area contributed by atoms with Gasteiger partial charge in [-0.1, -0.05) is 11.6 Å². The van der Waals surface area contributed by atoms with E-state index in [1.807, 2.05) is 39.8 Å². The Morgan fingerprint density at radius 1 is 1.40 bits per heavy atom. The molecule has 0 spiro atoms. The summed E-state index contributed by atoms with van der Waals surface area (Å²) in [5.41, 5.74) is 2.02. The van der Waals surface area contributed by atoms with Gasteiger partial charge >= 0.3 is 0 Å². The van der Waals surface area contributed by atoms with Crippen LogP contribution in [0.3, 0.4) is 0 Å². The standard InChI is InChI=1S/C18H23ClN4O2/c1-11-16(19)12(2)23(22-11)15-6-5-14(10-20-15)21-17(24)13-7-8-25-18(3,4)9-13/h5-6,10,13H,7-9H2,1-4H3,(H,21,24). The molecule has 3 heterocycles. The van der Waals surface area contributed by atoms with Crippen LogP contribution in [0.4, 0.5) is 5.69 Å². The number of aromatic nitrogens is 3. The van der Waals surface area contributed by atoms with Crippen molar-refractivity contribution in [1.29, 1.82) is 0 Å². The molecule has 1 amide bonds. The summed E-state index contributed by atoms with van der Waals surface area (Å²) >= 11 is 6.18. The van der Waals surface area contributed by atoms with Crippen LogP contribution in [-0.4, -0.2) is 32.9 Å². The van der Waals surface area contributed by atoms with E-state index >= 15 is 0 Å². The van der Waals surface area contributed by atoms with Crippen molar-refractivity contribution in [2.45, 2.75) is 46.1 Å². The minimum Gasteiger partial charge on any atom is -0.376 e. The Bertz CT molecular complexity index is 783. The Morgan fingerprint density at radius 3 is 2.72 bits per heavy atom. The lowest BCUT2D eigenvalue weighted by Gasteiger charge is -2.34. The van der Waals surface area contributed by atoms with Crippen molar-refractivity contribution in [2.24, 2.45) is 5.92 Å². The molecule has 0 bridgehead atoms. The molecule has 1 saturated heterocycles. The summed E-state index contributed by atoms with van der Waals surface area (Å²) < 4.78 is 7.37. The maximum atomic E-state index is 12.5. The number of ether oxygens (including phenoxy) is 1. The minimum atomic E-state index is -0.253. The second kappa shape index (κ2) is 6.77. The van der Waals surface area contributed by atoms with Gasteiger partial charge in [0.1, 0.15) is 0 Å². The summed E-state index contributed by atoms with van der Waals surface area (Å²) in [6, 6.07) is 3.65. The van der Waals surface area contributed by atoms with Gasteiger partial charge in [-0.3, -0.25) is 4.79 Å². The molecule has 0 aliphatic carbocycles. The fraction of sp³-hybridized carbons (Fsp3) is 0.500. The van der Waals surface area contributed by atoms with Crippen molar-refractivity contribution in [3.05, 3.63) is 34.7 Å². The SMILES string of the molecule is Cc1nn(-c2ccc(NC(=O)C3CCOC(C)(C)C3)cn2)c(C)c1Cl. The summed E-state index contributed by atoms with van der Waals surface area (Å²) in [4.78, 5) is 16.9. The molecule has 1 fully saturated rings. The first kappa shape index (κ1) is 17.9. The second-order valence-corrected chi connectivity index (χ2v) is 7.47. The van der Waals surface area contributed by atoms with E-state index in [-0.39, 0.29) is 17.4 Å². The van der Waals surface area contributed by atoms with Crippen molar-refractivity contribution < 1.29 is 9.53 Å². The van der Waals surface area contributed by atoms with E-state index in [9.17, 15) is 4.79 Å². The van der Waals surface area contributed by atoms with Crippen LogP contribution in [0.5, 0.6) is 0 Å². The lowest BCUT2D eigenvalue weighted by atomic mass is 9.88. The van der Waals surface area contributed by atoms with Crippen molar-refractivity contribution in [3.8, 4) is 5.82 Å². The Kier molecular flexibility index (Phi) is 4.84. The van der Waals surface area contributed by atoms with Crippen LogP contribution >= 0.6 is 11.6 Å². The number of pyridine rings is 1. The van der Waals surface area contributed by atoms with Crippen LogP contribution < -0.4 is 5.32 Å². The van der Waals surface area contributed by atoms with E-state index in [0.717, 1.165) is 17.8 Å². The smallest absolute Gasteiger partial charge is 0.227 e. The monoisotopic (exact) mass is 362 g/mol. The number of anilines is 1. The van der Waals surface area contributed by atoms with Gasteiger partial charge < -0.3 is 10.1 Å². The van der Waals surface area contributed by atoms with Gasteiger partial charge in [-0.25, -0.2) is 9.67 Å². The van der Waals surface area contributed by atoms with Crippen molar-refractivity contribution >= 4 is 23.2 Å². The molecule has 6 nitrogen and oxygen atoms in total. The van der Waals surface area contributed by atoms with Crippen LogP contribution in [0, 0.1) is 19.8 Å². The van der Waals surface area contributed by atoms with Crippen molar-refractivity contribution in [2.75, 3.05) is 11.9 Å². The molecule has 1 atom stereocenters. The molecule has 2 aromatic heterocycles. The molecule has 1 unspecified atom stereocenters. The van der Waals surface area contributed by atoms with Crippen molar-refractivity contribution in [3.63, 3.8) is 0 Å². The number of amides is 1. The largest absolute Gasteiger partial charge is 0.376 e. The van der Waals surface area contributed by atoms with E-state index < -0.39 is 0 Å². The fourth-order valence-corrected chi connectivity index (χ4v) is 3.25. The third-order valence-electron chi connectivity index (χ3n) is 4.50. The summed E-state index contributed by atoms with van der Waals surface area (Å²) in [5.74, 6) is 0.635. The molecule has 1 N–H and O–H groups in total. The van der Waals surface area contributed by atoms with Gasteiger partial charge in [0.05, 0.1) is 33.9 Å². The highest BCUT2D eigenvalue weighted by atomic mass is 35.5. The number of carbonyl (C=O) groups excluding carboxylic acids is 1. The zero-order chi connectivity index (χ0) is 18.2. The number of nitrogens with one attached hydrogen (secondary N) is 1. The van der Waals surface area contributed by atoms with Gasteiger partial charge in [-0.2, -0.15) is 5.10 Å². The predicted octanol–water partition coefficient (Wildman–Crippen LogP) is 3.68. The summed E-state index contributed by atoms with van der Waals surface area (Å²) in [7, 11) is 0. The Balaban J connectivity index is 1.70. The topological polar surface area (TPSA) is 69.0 Å². The zero-order valence-electron chi connectivity index (χ0n) is 15.0. The molecule has 7 heteroatoms. The normalized spacial score (nSPS) is 19.6. The van der Waals surface area contributed by atoms with Crippen LogP contribution in [0.1, 0.15) is 38.1 Å². The third-order valence-corrected chi connectivity index (χ3v) is 5.05. The lowest BCUT2D eigenvalue weighted by Crippen LogP contribution is -2.39. The van der Waals surface area contributed by atoms with E-state index in [1.165, 1.54) is 0 Å². The number of hydrogen-bond acceptors (Lipinski definition) is 4. The molecule has 2 aromatic rings. The molecule has 3 rings (SSSR count). The highest BCUT2D eigenvalue weighted by Gasteiger charge is 2.32. The number of nitrogens with zero attached hydrogens (tertiary/aromatic N) is 3. The van der Waals surface area contributed by atoms with Crippen LogP contribution in [0.25, 0.3) is 5.82 Å². The first-order valence-corrected chi connectivity index (χ1v) is 8.77. The van der Waals surface area contributed by atoms with Crippen LogP contribution in [0.2, 0.25) is 5.02 Å². The zero-order valence-corrected chi connectivity index (χ0v) is 15.7. The van der Waals surface area contributed by atoms with Gasteiger partial charge in [0, 0.05) is 12.5 Å². The minimum absolute atomic E-state index is 0.0140. The number of carbonyl (C=O) groups is 1. The molecule has 134 valence electrons. The molecule has 1 aliphatic rings. The maximum absolute atomic E-state index is 12.5. The highest BCUT2D eigenvalue weighted by Crippen LogP contribution is 2.29. The van der Waals surface area contributed by atoms with E-state index in [4.69, 9.17) is 16.3 Å². The Hall–Kier alpha value is -1.92. The molecular weight excluding hydrogens is 340 g/mol. The van der Waals surface area contributed by atoms with Gasteiger partial charge in [0.2, 0.25) is 5.91 Å². The average molecular weight is 363 g/mol. The van der Waals surface area contributed by atoms with Crippen LogP contribution in [-0.2, 0) is 9.53 Å². The molecular formula is C18H23ClN4O2. The predicted molar refractivity (Wildman–Crippen MR) is 97.2 cm³/mol. The number of aryl methyl sites for hydroxylation is 1. The molecule has 0 aromatic carbocycles. The maximum Gasteiger partial charge on any atom is 0.227 e. The van der Waals surface area contributed by atoms with Gasteiger partial charge in [-0.05, 0) is 52.7 Å². The third kappa shape index (κ3) is 3.85. The number of hydrogen-bond donors (Lipinski definition) is 1.